The van der Waals surface area contributed by atoms with E-state index in [1.165, 1.54) is 18.8 Å². The minimum atomic E-state index is 0.333. The highest BCUT2D eigenvalue weighted by Gasteiger charge is 2.34. The summed E-state index contributed by atoms with van der Waals surface area (Å²) in [6.45, 7) is 0.333. The van der Waals surface area contributed by atoms with E-state index in [4.69, 9.17) is 5.11 Å². The van der Waals surface area contributed by atoms with Gasteiger partial charge in [0.25, 0.3) is 0 Å². The van der Waals surface area contributed by atoms with Crippen LogP contribution in [0, 0.1) is 5.92 Å². The molecule has 1 aliphatic carbocycles. The van der Waals surface area contributed by atoms with Gasteiger partial charge in [-0.25, -0.2) is 0 Å². The zero-order valence-corrected chi connectivity index (χ0v) is 3.07. The molecule has 0 saturated heterocycles. The van der Waals surface area contributed by atoms with Gasteiger partial charge in [0.15, 0.2) is 6.61 Å². The fourth-order valence-corrected chi connectivity index (χ4v) is 0.247. The quantitative estimate of drug-likeness (QED) is 0.442. The Balaban J connectivity index is 2.00. The van der Waals surface area contributed by atoms with E-state index in [0.29, 0.717) is 6.61 Å². The van der Waals surface area contributed by atoms with Gasteiger partial charge in [0.05, 0.1) is 0 Å². The number of hydrogen-bond acceptors (Lipinski definition) is 1. The van der Waals surface area contributed by atoms with E-state index in [0.717, 1.165) is 0 Å². The Labute approximate surface area is 31.6 Å². The second kappa shape index (κ2) is 0.902. The van der Waals surface area contributed by atoms with E-state index in [1.54, 1.807) is 0 Å². The van der Waals surface area contributed by atoms with Crippen molar-refractivity contribution in [3.05, 3.63) is 5.92 Å². The molecule has 1 rings (SSSR count). The zero-order chi connectivity index (χ0) is 3.70. The summed E-state index contributed by atoms with van der Waals surface area (Å²) in [6.07, 6.45) is 2.35. The summed E-state index contributed by atoms with van der Waals surface area (Å²) < 4.78 is 0. The van der Waals surface area contributed by atoms with Gasteiger partial charge in [-0.05, 0) is 0 Å². The SMILES string of the molecule is OC[C+]1CC1. The molecular formula is C4H7O+. The Morgan fingerprint density at radius 1 is 1.60 bits per heavy atom. The van der Waals surface area contributed by atoms with Crippen molar-refractivity contribution in [3.63, 3.8) is 0 Å². The molecule has 1 saturated carbocycles. The third-order valence-corrected chi connectivity index (χ3v) is 0.827. The smallest absolute Gasteiger partial charge is 0.187 e. The molecule has 0 amide bonds. The van der Waals surface area contributed by atoms with Crippen molar-refractivity contribution in [3.8, 4) is 0 Å². The van der Waals surface area contributed by atoms with Crippen LogP contribution in [0.5, 0.6) is 0 Å². The third kappa shape index (κ3) is 0.550. The van der Waals surface area contributed by atoms with Crippen LogP contribution in [0.1, 0.15) is 12.8 Å². The lowest BCUT2D eigenvalue weighted by Crippen LogP contribution is -1.76. The summed E-state index contributed by atoms with van der Waals surface area (Å²) in [4.78, 5) is 0. The van der Waals surface area contributed by atoms with Crippen molar-refractivity contribution >= 4 is 0 Å². The lowest BCUT2D eigenvalue weighted by atomic mass is 10.5. The normalized spacial score (nSPS) is 19.8. The molecule has 0 aliphatic heterocycles. The Bertz CT molecular complexity index is 30.6. The first-order valence-corrected chi connectivity index (χ1v) is 1.88. The summed E-state index contributed by atoms with van der Waals surface area (Å²) in [6, 6.07) is 0. The van der Waals surface area contributed by atoms with Crippen LogP contribution in [-0.4, -0.2) is 11.7 Å². The summed E-state index contributed by atoms with van der Waals surface area (Å²) in [5, 5.41) is 8.17. The molecule has 0 aromatic heterocycles. The molecule has 0 bridgehead atoms. The van der Waals surface area contributed by atoms with Crippen LogP contribution in [0.3, 0.4) is 0 Å². The van der Waals surface area contributed by atoms with Crippen LogP contribution in [0.15, 0.2) is 0 Å². The van der Waals surface area contributed by atoms with Crippen LogP contribution in [0.4, 0.5) is 0 Å². The highest BCUT2D eigenvalue weighted by Crippen LogP contribution is 2.30. The van der Waals surface area contributed by atoms with Crippen LogP contribution in [0.2, 0.25) is 0 Å². The first-order valence-electron chi connectivity index (χ1n) is 1.88. The van der Waals surface area contributed by atoms with E-state index >= 15 is 0 Å². The molecular weight excluding hydrogens is 64.0 g/mol. The number of hydrogen-bond donors (Lipinski definition) is 1. The van der Waals surface area contributed by atoms with Gasteiger partial charge >= 0.3 is 0 Å². The largest absolute Gasteiger partial charge is 0.356 e. The average molecular weight is 71.1 g/mol. The molecule has 0 aromatic rings. The lowest BCUT2D eigenvalue weighted by Gasteiger charge is -1.61. The van der Waals surface area contributed by atoms with Crippen molar-refractivity contribution in [1.82, 2.24) is 0 Å². The zero-order valence-electron chi connectivity index (χ0n) is 3.07. The van der Waals surface area contributed by atoms with E-state index in [-0.39, 0.29) is 0 Å². The van der Waals surface area contributed by atoms with Crippen LogP contribution >= 0.6 is 0 Å². The van der Waals surface area contributed by atoms with E-state index in [9.17, 15) is 0 Å². The highest BCUT2D eigenvalue weighted by atomic mass is 16.3. The molecule has 1 heteroatoms. The molecule has 0 radical (unpaired) electrons. The van der Waals surface area contributed by atoms with Gasteiger partial charge in [-0.15, -0.1) is 0 Å². The van der Waals surface area contributed by atoms with Crippen molar-refractivity contribution < 1.29 is 5.11 Å². The fourth-order valence-electron chi connectivity index (χ4n) is 0.247. The summed E-state index contributed by atoms with van der Waals surface area (Å²) in [5.41, 5.74) is 0. The van der Waals surface area contributed by atoms with Crippen molar-refractivity contribution in [1.29, 1.82) is 0 Å². The molecule has 0 aromatic carbocycles. The molecule has 0 unspecified atom stereocenters. The first kappa shape index (κ1) is 3.04. The lowest BCUT2D eigenvalue weighted by molar-refractivity contribution is 0.323. The Hall–Kier alpha value is -0.170. The minimum Gasteiger partial charge on any atom is -0.356 e. The molecule has 5 heavy (non-hydrogen) atoms. The van der Waals surface area contributed by atoms with E-state index in [2.05, 4.69) is 0 Å². The maximum absolute atomic E-state index is 8.17. The molecule has 1 fully saturated rings. The summed E-state index contributed by atoms with van der Waals surface area (Å²) in [5.74, 6) is 1.31. The minimum absolute atomic E-state index is 0.333. The second-order valence-electron chi connectivity index (χ2n) is 1.41. The summed E-state index contributed by atoms with van der Waals surface area (Å²) >= 11 is 0. The third-order valence-electron chi connectivity index (χ3n) is 0.827. The Kier molecular flexibility index (Phi) is 0.548. The van der Waals surface area contributed by atoms with Crippen LogP contribution in [0.25, 0.3) is 0 Å². The highest BCUT2D eigenvalue weighted by molar-refractivity contribution is 5.04. The fraction of sp³-hybridized carbons (Fsp3) is 0.750. The molecule has 1 aliphatic rings. The Morgan fingerprint density at radius 2 is 2.20 bits per heavy atom. The standard InChI is InChI=1S/C4H7O/c5-3-4-1-2-4/h5H,1-3H2/q+1. The van der Waals surface area contributed by atoms with Crippen LogP contribution in [-0.2, 0) is 0 Å². The Morgan fingerprint density at radius 3 is 2.20 bits per heavy atom. The van der Waals surface area contributed by atoms with Crippen molar-refractivity contribution in [2.75, 3.05) is 6.61 Å². The topological polar surface area (TPSA) is 20.2 Å². The number of aliphatic hydroxyl groups excluding tert-OH is 1. The maximum atomic E-state index is 8.17. The number of aliphatic hydroxyl groups is 1. The second-order valence-corrected chi connectivity index (χ2v) is 1.41. The molecule has 1 N–H and O–H groups in total. The monoisotopic (exact) mass is 71.0 g/mol. The van der Waals surface area contributed by atoms with Gasteiger partial charge in [0.1, 0.15) is 18.8 Å². The van der Waals surface area contributed by atoms with Gasteiger partial charge in [0.2, 0.25) is 0 Å². The first-order chi connectivity index (χ1) is 2.43. The molecule has 0 spiro atoms. The van der Waals surface area contributed by atoms with Gasteiger partial charge < -0.3 is 5.11 Å². The predicted molar refractivity (Wildman–Crippen MR) is 19.6 cm³/mol. The van der Waals surface area contributed by atoms with E-state index < -0.39 is 0 Å². The molecule has 1 nitrogen and oxygen atoms in total. The summed E-state index contributed by atoms with van der Waals surface area (Å²) in [7, 11) is 0. The predicted octanol–water partition coefficient (Wildman–Crippen LogP) is 0.347. The molecule has 0 heterocycles. The van der Waals surface area contributed by atoms with Gasteiger partial charge in [-0.2, -0.15) is 0 Å². The molecule has 28 valence electrons. The van der Waals surface area contributed by atoms with Crippen molar-refractivity contribution in [2.24, 2.45) is 0 Å². The number of rotatable bonds is 1. The average Bonchev–Trinajstić information content (AvgIpc) is 2.12. The molecule has 0 atom stereocenters. The van der Waals surface area contributed by atoms with Gasteiger partial charge in [-0.1, -0.05) is 0 Å². The maximum Gasteiger partial charge on any atom is 0.187 e. The van der Waals surface area contributed by atoms with Gasteiger partial charge in [0, 0.05) is 0 Å². The van der Waals surface area contributed by atoms with Crippen LogP contribution < -0.4 is 0 Å². The van der Waals surface area contributed by atoms with Crippen molar-refractivity contribution in [2.45, 2.75) is 12.8 Å². The van der Waals surface area contributed by atoms with Gasteiger partial charge in [-0.3, -0.25) is 0 Å². The van der Waals surface area contributed by atoms with E-state index in [1.807, 2.05) is 0 Å².